The van der Waals surface area contributed by atoms with E-state index in [4.69, 9.17) is 4.74 Å². The van der Waals surface area contributed by atoms with E-state index in [1.807, 2.05) is 54.6 Å². The third-order valence-corrected chi connectivity index (χ3v) is 5.71. The fourth-order valence-electron chi connectivity index (χ4n) is 3.43. The number of hydrogen-bond acceptors (Lipinski definition) is 5. The minimum Gasteiger partial charge on any atom is -0.372 e. The van der Waals surface area contributed by atoms with Gasteiger partial charge in [-0.25, -0.2) is 4.98 Å². The van der Waals surface area contributed by atoms with Crippen LogP contribution in [0.25, 0.3) is 10.6 Å². The fourth-order valence-corrected chi connectivity index (χ4v) is 4.25. The molecule has 5 nitrogen and oxygen atoms in total. The zero-order chi connectivity index (χ0) is 19.5. The van der Waals surface area contributed by atoms with Crippen LogP contribution in [-0.4, -0.2) is 36.2 Å². The van der Waals surface area contributed by atoms with Gasteiger partial charge in [0.2, 0.25) is 0 Å². The van der Waals surface area contributed by atoms with Gasteiger partial charge in [-0.05, 0) is 38.1 Å². The molecule has 0 spiro atoms. The summed E-state index contributed by atoms with van der Waals surface area (Å²) in [5, 5.41) is 3.80. The minimum atomic E-state index is -0.138. The smallest absolute Gasteiger partial charge is 0.267 e. The highest BCUT2D eigenvalue weighted by Gasteiger charge is 2.22. The molecule has 0 saturated carbocycles. The van der Waals surface area contributed by atoms with E-state index in [9.17, 15) is 4.79 Å². The maximum atomic E-state index is 12.6. The molecule has 1 saturated heterocycles. The maximum Gasteiger partial charge on any atom is 0.267 e. The number of morpholine rings is 1. The summed E-state index contributed by atoms with van der Waals surface area (Å²) >= 11 is 1.39. The van der Waals surface area contributed by atoms with Crippen LogP contribution in [0.2, 0.25) is 0 Å². The summed E-state index contributed by atoms with van der Waals surface area (Å²) in [7, 11) is 0. The Labute approximate surface area is 169 Å². The second-order valence-corrected chi connectivity index (χ2v) is 8.09. The maximum absolute atomic E-state index is 12.6. The quantitative estimate of drug-likeness (QED) is 0.699. The van der Waals surface area contributed by atoms with Crippen LogP contribution in [0.1, 0.15) is 23.5 Å². The summed E-state index contributed by atoms with van der Waals surface area (Å²) in [5.41, 5.74) is 2.94. The molecule has 1 aliphatic rings. The van der Waals surface area contributed by atoms with Gasteiger partial charge in [0.15, 0.2) is 0 Å². The van der Waals surface area contributed by atoms with Gasteiger partial charge in [0.25, 0.3) is 5.91 Å². The molecule has 0 radical (unpaired) electrons. The van der Waals surface area contributed by atoms with E-state index in [1.165, 1.54) is 11.3 Å². The summed E-state index contributed by atoms with van der Waals surface area (Å²) in [6.45, 7) is 5.93. The third kappa shape index (κ3) is 4.24. The van der Waals surface area contributed by atoms with Crippen LogP contribution in [0.4, 0.5) is 11.4 Å². The number of aromatic nitrogens is 1. The number of carbonyl (C=O) groups is 1. The molecule has 1 amide bonds. The number of amides is 1. The Kier molecular flexibility index (Phi) is 5.41. The molecule has 144 valence electrons. The number of ether oxygens (including phenoxy) is 1. The molecule has 2 atom stereocenters. The van der Waals surface area contributed by atoms with Crippen LogP contribution in [0.5, 0.6) is 0 Å². The van der Waals surface area contributed by atoms with Gasteiger partial charge >= 0.3 is 0 Å². The van der Waals surface area contributed by atoms with Gasteiger partial charge in [0, 0.05) is 30.0 Å². The van der Waals surface area contributed by atoms with Gasteiger partial charge in [0.1, 0.15) is 9.88 Å². The van der Waals surface area contributed by atoms with E-state index in [0.717, 1.165) is 35.0 Å². The van der Waals surface area contributed by atoms with Crippen LogP contribution in [0.15, 0.2) is 60.8 Å². The summed E-state index contributed by atoms with van der Waals surface area (Å²) < 4.78 is 5.79. The van der Waals surface area contributed by atoms with Crippen molar-refractivity contribution in [2.75, 3.05) is 23.3 Å². The molecule has 2 heterocycles. The van der Waals surface area contributed by atoms with Gasteiger partial charge in [-0.15, -0.1) is 11.3 Å². The molecule has 4 rings (SSSR count). The molecule has 2 unspecified atom stereocenters. The third-order valence-electron chi connectivity index (χ3n) is 4.66. The van der Waals surface area contributed by atoms with Crippen molar-refractivity contribution in [2.45, 2.75) is 26.1 Å². The molecule has 1 aliphatic heterocycles. The summed E-state index contributed by atoms with van der Waals surface area (Å²) in [6, 6.07) is 17.9. The predicted molar refractivity (Wildman–Crippen MR) is 114 cm³/mol. The van der Waals surface area contributed by atoms with Gasteiger partial charge < -0.3 is 15.0 Å². The molecular formula is C22H23N3O2S. The highest BCUT2D eigenvalue weighted by atomic mass is 32.1. The standard InChI is InChI=1S/C22H23N3O2S/c1-15-13-25(14-16(2)27-15)19-10-8-18(9-11-19)24-21(26)20-12-23-22(28-20)17-6-4-3-5-7-17/h3-12,15-16H,13-14H2,1-2H3,(H,24,26). The van der Waals surface area contributed by atoms with Crippen molar-refractivity contribution in [3.05, 3.63) is 65.7 Å². The van der Waals surface area contributed by atoms with Crippen LogP contribution in [0, 0.1) is 0 Å². The average molecular weight is 394 g/mol. The van der Waals surface area contributed by atoms with Gasteiger partial charge in [-0.3, -0.25) is 4.79 Å². The fraction of sp³-hybridized carbons (Fsp3) is 0.273. The Morgan fingerprint density at radius 3 is 2.43 bits per heavy atom. The van der Waals surface area contributed by atoms with Crippen molar-refractivity contribution in [1.82, 2.24) is 4.98 Å². The van der Waals surface area contributed by atoms with Crippen LogP contribution >= 0.6 is 11.3 Å². The van der Waals surface area contributed by atoms with Crippen molar-refractivity contribution < 1.29 is 9.53 Å². The van der Waals surface area contributed by atoms with E-state index in [2.05, 4.69) is 29.0 Å². The summed E-state index contributed by atoms with van der Waals surface area (Å²) in [5.74, 6) is -0.138. The zero-order valence-electron chi connectivity index (χ0n) is 16.0. The molecule has 1 aromatic heterocycles. The lowest BCUT2D eigenvalue weighted by Crippen LogP contribution is -2.45. The molecule has 28 heavy (non-hydrogen) atoms. The Hall–Kier alpha value is -2.70. The zero-order valence-corrected chi connectivity index (χ0v) is 16.8. The molecule has 2 aromatic carbocycles. The van der Waals surface area contributed by atoms with Crippen LogP contribution in [-0.2, 0) is 4.74 Å². The number of rotatable bonds is 4. The number of nitrogens with zero attached hydrogens (tertiary/aromatic N) is 2. The molecular weight excluding hydrogens is 370 g/mol. The first kappa shape index (κ1) is 18.7. The number of carbonyl (C=O) groups excluding carboxylic acids is 1. The lowest BCUT2D eigenvalue weighted by atomic mass is 10.2. The van der Waals surface area contributed by atoms with E-state index >= 15 is 0 Å². The second kappa shape index (κ2) is 8.12. The Bertz CT molecular complexity index is 930. The summed E-state index contributed by atoms with van der Waals surface area (Å²) in [4.78, 5) is 19.9. The summed E-state index contributed by atoms with van der Waals surface area (Å²) in [6.07, 6.45) is 2.06. The Morgan fingerprint density at radius 2 is 1.75 bits per heavy atom. The van der Waals surface area contributed by atoms with E-state index in [1.54, 1.807) is 6.20 Å². The second-order valence-electron chi connectivity index (χ2n) is 7.06. The van der Waals surface area contributed by atoms with Crippen molar-refractivity contribution in [1.29, 1.82) is 0 Å². The number of hydrogen-bond donors (Lipinski definition) is 1. The largest absolute Gasteiger partial charge is 0.372 e. The van der Waals surface area contributed by atoms with Crippen molar-refractivity contribution >= 4 is 28.6 Å². The molecule has 3 aromatic rings. The van der Waals surface area contributed by atoms with Crippen molar-refractivity contribution in [3.8, 4) is 10.6 Å². The van der Waals surface area contributed by atoms with E-state index < -0.39 is 0 Å². The normalized spacial score (nSPS) is 19.4. The Morgan fingerprint density at radius 1 is 1.07 bits per heavy atom. The number of anilines is 2. The highest BCUT2D eigenvalue weighted by Crippen LogP contribution is 2.26. The van der Waals surface area contributed by atoms with E-state index in [-0.39, 0.29) is 18.1 Å². The average Bonchev–Trinajstić information content (AvgIpc) is 3.19. The van der Waals surface area contributed by atoms with E-state index in [0.29, 0.717) is 4.88 Å². The van der Waals surface area contributed by atoms with Gasteiger partial charge in [-0.1, -0.05) is 30.3 Å². The molecule has 1 fully saturated rings. The minimum absolute atomic E-state index is 0.138. The number of benzene rings is 2. The molecule has 0 bridgehead atoms. The highest BCUT2D eigenvalue weighted by molar-refractivity contribution is 7.17. The Balaban J connectivity index is 1.42. The lowest BCUT2D eigenvalue weighted by molar-refractivity contribution is -0.00521. The number of thiazole rings is 1. The first-order chi connectivity index (χ1) is 13.6. The monoisotopic (exact) mass is 393 g/mol. The topological polar surface area (TPSA) is 54.5 Å². The van der Waals surface area contributed by atoms with Crippen LogP contribution in [0.3, 0.4) is 0 Å². The van der Waals surface area contributed by atoms with Crippen LogP contribution < -0.4 is 10.2 Å². The van der Waals surface area contributed by atoms with Crippen molar-refractivity contribution in [3.63, 3.8) is 0 Å². The number of nitrogens with one attached hydrogen (secondary N) is 1. The van der Waals surface area contributed by atoms with Gasteiger partial charge in [-0.2, -0.15) is 0 Å². The molecule has 6 heteroatoms. The first-order valence-corrected chi connectivity index (χ1v) is 10.2. The van der Waals surface area contributed by atoms with Gasteiger partial charge in [0.05, 0.1) is 18.4 Å². The first-order valence-electron chi connectivity index (χ1n) is 9.41. The molecule has 0 aliphatic carbocycles. The van der Waals surface area contributed by atoms with Crippen molar-refractivity contribution in [2.24, 2.45) is 0 Å². The SMILES string of the molecule is CC1CN(c2ccc(NC(=O)c3cnc(-c4ccccc4)s3)cc2)CC(C)O1. The lowest BCUT2D eigenvalue weighted by Gasteiger charge is -2.36. The molecule has 1 N–H and O–H groups in total. The predicted octanol–water partition coefficient (Wildman–Crippen LogP) is 4.68.